The van der Waals surface area contributed by atoms with Gasteiger partial charge in [0.05, 0.1) is 0 Å². The van der Waals surface area contributed by atoms with E-state index in [1.807, 2.05) is 11.3 Å². The molecule has 2 heteroatoms. The molecule has 0 radical (unpaired) electrons. The minimum Gasteiger partial charge on any atom is -0.309 e. The quantitative estimate of drug-likeness (QED) is 0.785. The summed E-state index contributed by atoms with van der Waals surface area (Å²) in [6.45, 7) is 5.62. The Morgan fingerprint density at radius 3 is 3.00 bits per heavy atom. The lowest BCUT2D eigenvalue weighted by Crippen LogP contribution is -2.27. The molecule has 0 spiro atoms. The molecule has 1 saturated carbocycles. The SMILES string of the molecule is CCc1ccsc1CNC(C)C1CC1. The van der Waals surface area contributed by atoms with Crippen LogP contribution in [0.4, 0.5) is 0 Å². The van der Waals surface area contributed by atoms with E-state index in [4.69, 9.17) is 0 Å². The minimum atomic E-state index is 0.710. The van der Waals surface area contributed by atoms with Crippen LogP contribution in [0.3, 0.4) is 0 Å². The molecule has 1 aromatic rings. The van der Waals surface area contributed by atoms with E-state index in [0.717, 1.165) is 12.5 Å². The third-order valence-electron chi connectivity index (χ3n) is 3.13. The van der Waals surface area contributed by atoms with Gasteiger partial charge in [0, 0.05) is 17.5 Å². The van der Waals surface area contributed by atoms with Crippen molar-refractivity contribution in [1.82, 2.24) is 5.32 Å². The number of hydrogen-bond acceptors (Lipinski definition) is 2. The van der Waals surface area contributed by atoms with E-state index in [0.29, 0.717) is 6.04 Å². The number of thiophene rings is 1. The zero-order valence-corrected chi connectivity index (χ0v) is 9.86. The van der Waals surface area contributed by atoms with Crippen LogP contribution < -0.4 is 5.32 Å². The number of aryl methyl sites for hydroxylation is 1. The standard InChI is InChI=1S/C12H19NS/c1-3-10-6-7-14-12(10)8-13-9(2)11-4-5-11/h6-7,9,11,13H,3-5,8H2,1-2H3. The van der Waals surface area contributed by atoms with Crippen molar-refractivity contribution >= 4 is 11.3 Å². The smallest absolute Gasteiger partial charge is 0.0305 e. The van der Waals surface area contributed by atoms with Gasteiger partial charge in [-0.2, -0.15) is 0 Å². The Morgan fingerprint density at radius 2 is 2.36 bits per heavy atom. The van der Waals surface area contributed by atoms with Gasteiger partial charge in [0.15, 0.2) is 0 Å². The van der Waals surface area contributed by atoms with E-state index in [2.05, 4.69) is 30.6 Å². The molecule has 0 aliphatic heterocycles. The van der Waals surface area contributed by atoms with Crippen LogP contribution in [-0.2, 0) is 13.0 Å². The molecule has 78 valence electrons. The maximum atomic E-state index is 3.63. The Hall–Kier alpha value is -0.340. The summed E-state index contributed by atoms with van der Waals surface area (Å²) in [6.07, 6.45) is 4.02. The van der Waals surface area contributed by atoms with Crippen LogP contribution in [0.1, 0.15) is 37.1 Å². The zero-order valence-electron chi connectivity index (χ0n) is 9.05. The molecule has 1 aliphatic rings. The second-order valence-electron chi connectivity index (χ2n) is 4.23. The molecule has 1 unspecified atom stereocenters. The predicted molar refractivity (Wildman–Crippen MR) is 62.7 cm³/mol. The normalized spacial score (nSPS) is 18.4. The lowest BCUT2D eigenvalue weighted by Gasteiger charge is -2.12. The fourth-order valence-corrected chi connectivity index (χ4v) is 2.78. The monoisotopic (exact) mass is 209 g/mol. The lowest BCUT2D eigenvalue weighted by atomic mass is 10.2. The van der Waals surface area contributed by atoms with Crippen molar-refractivity contribution in [2.24, 2.45) is 5.92 Å². The fourth-order valence-electron chi connectivity index (χ4n) is 1.85. The molecule has 1 heterocycles. The van der Waals surface area contributed by atoms with Crippen molar-refractivity contribution in [1.29, 1.82) is 0 Å². The van der Waals surface area contributed by atoms with Crippen molar-refractivity contribution in [2.75, 3.05) is 0 Å². The largest absolute Gasteiger partial charge is 0.309 e. The Labute approximate surface area is 90.5 Å². The molecule has 1 nitrogen and oxygen atoms in total. The molecule has 1 atom stereocenters. The van der Waals surface area contributed by atoms with Crippen molar-refractivity contribution in [3.8, 4) is 0 Å². The first-order chi connectivity index (χ1) is 6.81. The first-order valence-electron chi connectivity index (χ1n) is 5.60. The van der Waals surface area contributed by atoms with Crippen LogP contribution in [0.5, 0.6) is 0 Å². The van der Waals surface area contributed by atoms with Gasteiger partial charge in [-0.1, -0.05) is 6.92 Å². The summed E-state index contributed by atoms with van der Waals surface area (Å²) in [5, 5.41) is 5.84. The lowest BCUT2D eigenvalue weighted by molar-refractivity contribution is 0.498. The number of rotatable bonds is 5. The number of hydrogen-bond donors (Lipinski definition) is 1. The van der Waals surface area contributed by atoms with Crippen molar-refractivity contribution in [3.05, 3.63) is 21.9 Å². The van der Waals surface area contributed by atoms with Crippen molar-refractivity contribution in [3.63, 3.8) is 0 Å². The van der Waals surface area contributed by atoms with Gasteiger partial charge in [-0.05, 0) is 49.1 Å². The Bertz CT molecular complexity index is 288. The first kappa shape index (κ1) is 10.2. The highest BCUT2D eigenvalue weighted by molar-refractivity contribution is 7.10. The van der Waals surface area contributed by atoms with Gasteiger partial charge in [-0.25, -0.2) is 0 Å². The maximum Gasteiger partial charge on any atom is 0.0305 e. The molecule has 1 aromatic heterocycles. The van der Waals surface area contributed by atoms with Crippen molar-refractivity contribution < 1.29 is 0 Å². The highest BCUT2D eigenvalue weighted by Gasteiger charge is 2.27. The Balaban J connectivity index is 1.84. The van der Waals surface area contributed by atoms with E-state index >= 15 is 0 Å². The topological polar surface area (TPSA) is 12.0 Å². The van der Waals surface area contributed by atoms with Crippen LogP contribution >= 0.6 is 11.3 Å². The minimum absolute atomic E-state index is 0.710. The highest BCUT2D eigenvalue weighted by atomic mass is 32.1. The first-order valence-corrected chi connectivity index (χ1v) is 6.48. The Kier molecular flexibility index (Phi) is 3.24. The summed E-state index contributed by atoms with van der Waals surface area (Å²) in [7, 11) is 0. The summed E-state index contributed by atoms with van der Waals surface area (Å²) in [6, 6.07) is 2.96. The fraction of sp³-hybridized carbons (Fsp3) is 0.667. The van der Waals surface area contributed by atoms with Crippen molar-refractivity contribution in [2.45, 2.75) is 45.7 Å². The third-order valence-corrected chi connectivity index (χ3v) is 4.10. The van der Waals surface area contributed by atoms with E-state index in [1.54, 1.807) is 0 Å². The van der Waals surface area contributed by atoms with E-state index < -0.39 is 0 Å². The van der Waals surface area contributed by atoms with Gasteiger partial charge in [0.1, 0.15) is 0 Å². The van der Waals surface area contributed by atoms with Gasteiger partial charge in [0.2, 0.25) is 0 Å². The summed E-state index contributed by atoms with van der Waals surface area (Å²) in [5.41, 5.74) is 1.52. The molecule has 0 bridgehead atoms. The molecule has 2 rings (SSSR count). The maximum absolute atomic E-state index is 3.63. The van der Waals surface area contributed by atoms with Gasteiger partial charge >= 0.3 is 0 Å². The summed E-state index contributed by atoms with van der Waals surface area (Å²) in [4.78, 5) is 1.53. The Morgan fingerprint density at radius 1 is 1.57 bits per heavy atom. The van der Waals surface area contributed by atoms with Crippen LogP contribution in [0.25, 0.3) is 0 Å². The summed E-state index contributed by atoms with van der Waals surface area (Å²) >= 11 is 1.89. The van der Waals surface area contributed by atoms with E-state index in [1.165, 1.54) is 29.7 Å². The third kappa shape index (κ3) is 2.37. The average molecular weight is 209 g/mol. The zero-order chi connectivity index (χ0) is 9.97. The predicted octanol–water partition coefficient (Wildman–Crippen LogP) is 3.20. The highest BCUT2D eigenvalue weighted by Crippen LogP contribution is 2.32. The van der Waals surface area contributed by atoms with Gasteiger partial charge in [-0.3, -0.25) is 0 Å². The number of nitrogens with one attached hydrogen (secondary N) is 1. The van der Waals surface area contributed by atoms with Gasteiger partial charge < -0.3 is 5.32 Å². The average Bonchev–Trinajstić information content (AvgIpc) is 2.94. The molecular weight excluding hydrogens is 190 g/mol. The second kappa shape index (κ2) is 4.45. The molecular formula is C12H19NS. The second-order valence-corrected chi connectivity index (χ2v) is 5.23. The molecule has 0 saturated heterocycles. The van der Waals surface area contributed by atoms with Gasteiger partial charge in [-0.15, -0.1) is 11.3 Å². The van der Waals surface area contributed by atoms with Crippen LogP contribution in [-0.4, -0.2) is 6.04 Å². The van der Waals surface area contributed by atoms with Crippen LogP contribution in [0.2, 0.25) is 0 Å². The van der Waals surface area contributed by atoms with Crippen LogP contribution in [0.15, 0.2) is 11.4 Å². The summed E-state index contributed by atoms with van der Waals surface area (Å²) in [5.74, 6) is 0.958. The van der Waals surface area contributed by atoms with E-state index in [-0.39, 0.29) is 0 Å². The molecule has 0 aromatic carbocycles. The molecule has 14 heavy (non-hydrogen) atoms. The molecule has 1 N–H and O–H groups in total. The molecule has 1 aliphatic carbocycles. The molecule has 0 amide bonds. The van der Waals surface area contributed by atoms with Gasteiger partial charge in [0.25, 0.3) is 0 Å². The van der Waals surface area contributed by atoms with E-state index in [9.17, 15) is 0 Å². The molecule has 1 fully saturated rings. The van der Waals surface area contributed by atoms with Crippen LogP contribution in [0, 0.1) is 5.92 Å². The summed E-state index contributed by atoms with van der Waals surface area (Å²) < 4.78 is 0.